The summed E-state index contributed by atoms with van der Waals surface area (Å²) >= 11 is 1.70. The van der Waals surface area contributed by atoms with Gasteiger partial charge in [0.2, 0.25) is 0 Å². The van der Waals surface area contributed by atoms with E-state index in [1.54, 1.807) is 28.6 Å². The molecular weight excluding hydrogens is 346 g/mol. The summed E-state index contributed by atoms with van der Waals surface area (Å²) in [4.78, 5) is 30.0. The first-order valence-electron chi connectivity index (χ1n) is 9.28. The molecule has 1 heterocycles. The number of benzene rings is 1. The quantitative estimate of drug-likeness (QED) is 0.790. The number of urea groups is 1. The van der Waals surface area contributed by atoms with E-state index in [4.69, 9.17) is 0 Å². The fraction of sp³-hybridized carbons (Fsp3) is 0.600. The van der Waals surface area contributed by atoms with E-state index in [9.17, 15) is 9.59 Å². The molecule has 1 aliphatic heterocycles. The second-order valence-electron chi connectivity index (χ2n) is 6.93. The molecule has 0 aromatic heterocycles. The Morgan fingerprint density at radius 3 is 2.50 bits per heavy atom. The van der Waals surface area contributed by atoms with Gasteiger partial charge in [-0.15, -0.1) is 0 Å². The highest BCUT2D eigenvalue weighted by molar-refractivity contribution is 7.98. The fourth-order valence-corrected chi connectivity index (χ4v) is 4.31. The van der Waals surface area contributed by atoms with E-state index < -0.39 is 5.54 Å². The number of likely N-dealkylation sites (N-methyl/N-ethyl adjacent to an activating group) is 1. The summed E-state index contributed by atoms with van der Waals surface area (Å²) in [5.74, 6) is 0.821. The van der Waals surface area contributed by atoms with Crippen LogP contribution in [0.2, 0.25) is 0 Å². The van der Waals surface area contributed by atoms with Gasteiger partial charge in [0.25, 0.3) is 5.91 Å². The maximum absolute atomic E-state index is 13.5. The van der Waals surface area contributed by atoms with Crippen LogP contribution in [0.5, 0.6) is 0 Å². The molecule has 0 saturated carbocycles. The van der Waals surface area contributed by atoms with Gasteiger partial charge in [0.1, 0.15) is 6.17 Å². The van der Waals surface area contributed by atoms with Crippen molar-refractivity contribution >= 4 is 23.7 Å². The Morgan fingerprint density at radius 1 is 1.31 bits per heavy atom. The molecule has 144 valence electrons. The van der Waals surface area contributed by atoms with Gasteiger partial charge in [0.15, 0.2) is 5.54 Å². The smallest absolute Gasteiger partial charge is 0.319 e. The van der Waals surface area contributed by atoms with Gasteiger partial charge in [-0.1, -0.05) is 43.2 Å². The van der Waals surface area contributed by atoms with E-state index in [2.05, 4.69) is 12.2 Å². The average Bonchev–Trinajstić information content (AvgIpc) is 2.86. The van der Waals surface area contributed by atoms with E-state index in [0.29, 0.717) is 6.42 Å². The molecule has 1 aliphatic rings. The Labute approximate surface area is 161 Å². The van der Waals surface area contributed by atoms with Gasteiger partial charge in [-0.25, -0.2) is 4.79 Å². The molecule has 5 nitrogen and oxygen atoms in total. The van der Waals surface area contributed by atoms with Crippen LogP contribution in [-0.2, 0) is 10.3 Å². The van der Waals surface area contributed by atoms with E-state index in [1.165, 1.54) is 0 Å². The first-order chi connectivity index (χ1) is 12.4. The summed E-state index contributed by atoms with van der Waals surface area (Å²) in [6.45, 7) is 4.16. The topological polar surface area (TPSA) is 52.7 Å². The van der Waals surface area contributed by atoms with Crippen LogP contribution in [0.4, 0.5) is 4.79 Å². The predicted molar refractivity (Wildman–Crippen MR) is 108 cm³/mol. The molecule has 0 bridgehead atoms. The van der Waals surface area contributed by atoms with Gasteiger partial charge in [-0.3, -0.25) is 9.69 Å². The van der Waals surface area contributed by atoms with Crippen LogP contribution in [0, 0.1) is 6.92 Å². The SMILES string of the molecule is CCCC[C@@H]1N(C)C(=O)[C@@](CCSC)(c2ccc(C)cc2)N1C(=O)NC. The van der Waals surface area contributed by atoms with Gasteiger partial charge in [0.05, 0.1) is 0 Å². The zero-order chi connectivity index (χ0) is 19.3. The molecule has 2 rings (SSSR count). The van der Waals surface area contributed by atoms with Gasteiger partial charge in [-0.05, 0) is 43.8 Å². The molecule has 1 aromatic rings. The Bertz CT molecular complexity index is 634. The maximum Gasteiger partial charge on any atom is 0.319 e. The Balaban J connectivity index is 2.61. The molecule has 1 saturated heterocycles. The first kappa shape index (κ1) is 20.6. The highest BCUT2D eigenvalue weighted by Gasteiger charge is 2.58. The van der Waals surface area contributed by atoms with Crippen LogP contribution in [0.1, 0.15) is 43.7 Å². The second-order valence-corrected chi connectivity index (χ2v) is 7.92. The van der Waals surface area contributed by atoms with Gasteiger partial charge >= 0.3 is 6.03 Å². The van der Waals surface area contributed by atoms with E-state index >= 15 is 0 Å². The lowest BCUT2D eigenvalue weighted by atomic mass is 9.85. The number of carbonyl (C=O) groups is 2. The number of hydrogen-bond acceptors (Lipinski definition) is 3. The lowest BCUT2D eigenvalue weighted by molar-refractivity contribution is -0.133. The number of nitrogens with one attached hydrogen (secondary N) is 1. The first-order valence-corrected chi connectivity index (χ1v) is 10.7. The molecule has 0 spiro atoms. The van der Waals surface area contributed by atoms with Crippen molar-refractivity contribution in [2.24, 2.45) is 0 Å². The predicted octanol–water partition coefficient (Wildman–Crippen LogP) is 3.57. The summed E-state index contributed by atoms with van der Waals surface area (Å²) in [7, 11) is 3.46. The van der Waals surface area contributed by atoms with Gasteiger partial charge < -0.3 is 10.2 Å². The fourth-order valence-electron chi connectivity index (χ4n) is 3.81. The third kappa shape index (κ3) is 3.56. The largest absolute Gasteiger partial charge is 0.341 e. The Morgan fingerprint density at radius 2 is 1.96 bits per heavy atom. The number of hydrogen-bond donors (Lipinski definition) is 1. The number of amides is 3. The maximum atomic E-state index is 13.5. The third-order valence-electron chi connectivity index (χ3n) is 5.28. The van der Waals surface area contributed by atoms with Crippen LogP contribution >= 0.6 is 11.8 Å². The lowest BCUT2D eigenvalue weighted by Crippen LogP contribution is -2.54. The van der Waals surface area contributed by atoms with Gasteiger partial charge in [-0.2, -0.15) is 11.8 Å². The molecule has 2 atom stereocenters. The standard InChI is InChI=1S/C20H31N3O2S/c1-6-7-8-17-22(4)18(24)20(13-14-26-5,23(17)19(25)21-3)16-11-9-15(2)10-12-16/h9-12,17H,6-8,13-14H2,1-5H3,(H,21,25)/t17-,20-/m1/s1. The van der Waals surface area contributed by atoms with Crippen molar-refractivity contribution in [2.45, 2.75) is 51.2 Å². The van der Waals surface area contributed by atoms with Crippen LogP contribution < -0.4 is 5.32 Å². The normalized spacial score (nSPS) is 22.8. The lowest BCUT2D eigenvalue weighted by Gasteiger charge is -2.38. The minimum atomic E-state index is -0.941. The third-order valence-corrected chi connectivity index (χ3v) is 5.89. The molecule has 6 heteroatoms. The zero-order valence-electron chi connectivity index (χ0n) is 16.5. The van der Waals surface area contributed by atoms with Crippen molar-refractivity contribution < 1.29 is 9.59 Å². The summed E-state index contributed by atoms with van der Waals surface area (Å²) in [6.07, 6.45) is 5.22. The van der Waals surface area contributed by atoms with E-state index in [0.717, 1.165) is 36.1 Å². The Hall–Kier alpha value is -1.69. The van der Waals surface area contributed by atoms with E-state index in [-0.39, 0.29) is 18.1 Å². The highest BCUT2D eigenvalue weighted by Crippen LogP contribution is 2.43. The zero-order valence-corrected chi connectivity index (χ0v) is 17.4. The minimum absolute atomic E-state index is 0.0140. The molecule has 26 heavy (non-hydrogen) atoms. The molecule has 0 aliphatic carbocycles. The van der Waals surface area contributed by atoms with Crippen LogP contribution in [-0.4, -0.2) is 54.0 Å². The number of unbranched alkanes of at least 4 members (excludes halogenated alkanes) is 1. The molecule has 0 unspecified atom stereocenters. The minimum Gasteiger partial charge on any atom is -0.341 e. The van der Waals surface area contributed by atoms with Crippen molar-refractivity contribution in [3.05, 3.63) is 35.4 Å². The van der Waals surface area contributed by atoms with E-state index in [1.807, 2.05) is 44.5 Å². The summed E-state index contributed by atoms with van der Waals surface area (Å²) in [5.41, 5.74) is 1.10. The highest BCUT2D eigenvalue weighted by atomic mass is 32.2. The summed E-state index contributed by atoms with van der Waals surface area (Å²) < 4.78 is 0. The number of thioether (sulfide) groups is 1. The molecule has 1 fully saturated rings. The summed E-state index contributed by atoms with van der Waals surface area (Å²) in [6, 6.07) is 7.85. The van der Waals surface area contributed by atoms with Crippen LogP contribution in [0.3, 0.4) is 0 Å². The average molecular weight is 378 g/mol. The van der Waals surface area contributed by atoms with Crippen molar-refractivity contribution in [3.8, 4) is 0 Å². The summed E-state index contributed by atoms with van der Waals surface area (Å²) in [5, 5.41) is 2.77. The Kier molecular flexibility index (Phi) is 6.98. The van der Waals surface area contributed by atoms with Crippen LogP contribution in [0.25, 0.3) is 0 Å². The van der Waals surface area contributed by atoms with Gasteiger partial charge in [0, 0.05) is 14.1 Å². The van der Waals surface area contributed by atoms with Crippen LogP contribution in [0.15, 0.2) is 24.3 Å². The molecule has 1 N–H and O–H groups in total. The number of nitrogens with zero attached hydrogens (tertiary/aromatic N) is 2. The number of rotatable bonds is 7. The van der Waals surface area contributed by atoms with Crippen molar-refractivity contribution in [2.75, 3.05) is 26.1 Å². The molecule has 3 amide bonds. The van der Waals surface area contributed by atoms with Crippen molar-refractivity contribution in [1.82, 2.24) is 15.1 Å². The molecule has 0 radical (unpaired) electrons. The monoisotopic (exact) mass is 377 g/mol. The van der Waals surface area contributed by atoms with Crippen molar-refractivity contribution in [1.29, 1.82) is 0 Å². The molecule has 1 aromatic carbocycles. The number of carbonyl (C=O) groups excluding carboxylic acids is 2. The molecular formula is C20H31N3O2S. The number of aryl methyl sites for hydroxylation is 1. The second kappa shape index (κ2) is 8.80. The van der Waals surface area contributed by atoms with Crippen molar-refractivity contribution in [3.63, 3.8) is 0 Å².